The highest BCUT2D eigenvalue weighted by Crippen LogP contribution is 2.62. The fourth-order valence-corrected chi connectivity index (χ4v) is 5.41. The number of imide groups is 1. The van der Waals surface area contributed by atoms with Crippen molar-refractivity contribution >= 4 is 23.5 Å². The first-order chi connectivity index (χ1) is 21.4. The maximum atomic E-state index is 14.7. The lowest BCUT2D eigenvalue weighted by molar-refractivity contribution is -0.450. The van der Waals surface area contributed by atoms with Crippen molar-refractivity contribution in [2.24, 2.45) is 0 Å². The highest BCUT2D eigenvalue weighted by Gasteiger charge is 2.94. The number of hydrogen-bond donors (Lipinski definition) is 0. The van der Waals surface area contributed by atoms with Gasteiger partial charge in [0.1, 0.15) is 6.04 Å². The molecule has 3 aliphatic heterocycles. The van der Waals surface area contributed by atoms with Crippen LogP contribution in [0.15, 0.2) is 18.2 Å². The molecule has 0 aromatic heterocycles. The van der Waals surface area contributed by atoms with Gasteiger partial charge in [-0.25, -0.2) is 9.69 Å². The molecule has 0 unspecified atom stereocenters. The number of nitrogens with zero attached hydrogens (tertiary/aromatic N) is 4. The van der Waals surface area contributed by atoms with Crippen LogP contribution in [0.2, 0.25) is 0 Å². The van der Waals surface area contributed by atoms with Crippen LogP contribution in [-0.2, 0) is 15.8 Å². The van der Waals surface area contributed by atoms with Crippen LogP contribution in [0.3, 0.4) is 0 Å². The van der Waals surface area contributed by atoms with Crippen molar-refractivity contribution in [1.29, 1.82) is 5.26 Å². The van der Waals surface area contributed by atoms with E-state index in [9.17, 15) is 93.4 Å². The first kappa shape index (κ1) is 36.7. The number of piperazine rings is 1. The number of rotatable bonds is 7. The van der Waals surface area contributed by atoms with E-state index in [4.69, 9.17) is 5.26 Å². The van der Waals surface area contributed by atoms with E-state index in [0.717, 1.165) is 0 Å². The van der Waals surface area contributed by atoms with E-state index in [1.807, 2.05) is 0 Å². The van der Waals surface area contributed by atoms with Crippen molar-refractivity contribution in [2.75, 3.05) is 11.4 Å². The molecule has 1 aromatic rings. The van der Waals surface area contributed by atoms with Gasteiger partial charge in [0.05, 0.1) is 35.0 Å². The molecule has 4 rings (SSSR count). The van der Waals surface area contributed by atoms with Crippen molar-refractivity contribution in [2.45, 2.75) is 72.4 Å². The van der Waals surface area contributed by atoms with E-state index in [0.29, 0.717) is 17.0 Å². The second kappa shape index (κ2) is 10.2. The number of amides is 4. The van der Waals surface area contributed by atoms with Gasteiger partial charge in [0.2, 0.25) is 0 Å². The van der Waals surface area contributed by atoms with Gasteiger partial charge in [0.25, 0.3) is 11.8 Å². The van der Waals surface area contributed by atoms with Crippen LogP contribution in [-0.4, -0.2) is 94.0 Å². The summed E-state index contributed by atoms with van der Waals surface area (Å²) in [5, 5.41) is 8.90. The third-order valence-corrected chi connectivity index (χ3v) is 7.81. The maximum Gasteiger partial charge on any atom is 0.460 e. The quantitative estimate of drug-likeness (QED) is 0.252. The first-order valence-electron chi connectivity index (χ1n) is 12.3. The first-order valence-corrected chi connectivity index (χ1v) is 12.3. The van der Waals surface area contributed by atoms with Crippen LogP contribution in [0.1, 0.15) is 17.5 Å². The highest BCUT2D eigenvalue weighted by atomic mass is 19.4. The molecule has 48 heavy (non-hydrogen) atoms. The minimum atomic E-state index is -8.64. The van der Waals surface area contributed by atoms with Gasteiger partial charge >= 0.3 is 53.9 Å². The fourth-order valence-electron chi connectivity index (χ4n) is 5.41. The number of anilines is 1. The lowest BCUT2D eigenvalue weighted by Crippen LogP contribution is -2.74. The van der Waals surface area contributed by atoms with Gasteiger partial charge in [-0.2, -0.15) is 84.3 Å². The van der Waals surface area contributed by atoms with Gasteiger partial charge in [-0.3, -0.25) is 9.59 Å². The molecule has 0 saturated carbocycles. The number of halogens is 18. The molecule has 0 radical (unpaired) electrons. The fraction of sp³-hybridized carbons (Fsp3) is 0.565. The van der Waals surface area contributed by atoms with E-state index < -0.39 is 119 Å². The van der Waals surface area contributed by atoms with Crippen molar-refractivity contribution in [1.82, 2.24) is 9.80 Å². The minimum Gasteiger partial charge on any atom is -0.330 e. The Kier molecular flexibility index (Phi) is 7.79. The highest BCUT2D eigenvalue weighted by molar-refractivity contribution is 6.22. The van der Waals surface area contributed by atoms with Crippen LogP contribution in [0.25, 0.3) is 0 Å². The number of fused-ring (bicyclic) bond motifs is 5. The van der Waals surface area contributed by atoms with Gasteiger partial charge < -0.3 is 9.80 Å². The molecule has 3 aliphatic rings. The summed E-state index contributed by atoms with van der Waals surface area (Å²) in [6.07, 6.45) is -13.9. The molecule has 0 spiro atoms. The van der Waals surface area contributed by atoms with Crippen molar-refractivity contribution in [3.8, 4) is 6.07 Å². The molecule has 4 amide bonds. The van der Waals surface area contributed by atoms with E-state index in [1.54, 1.807) is 0 Å². The van der Waals surface area contributed by atoms with E-state index >= 15 is 0 Å². The minimum absolute atomic E-state index is 0.0292. The van der Waals surface area contributed by atoms with E-state index in [-0.39, 0.29) is 11.0 Å². The second-order valence-electron chi connectivity index (χ2n) is 10.5. The Morgan fingerprint density at radius 2 is 1.25 bits per heavy atom. The van der Waals surface area contributed by atoms with Gasteiger partial charge in [-0.15, -0.1) is 0 Å². The number of likely N-dealkylation sites (tertiary alicyclic amines) is 1. The Labute approximate surface area is 252 Å². The smallest absolute Gasteiger partial charge is 0.330 e. The lowest BCUT2D eigenvalue weighted by atomic mass is 9.90. The Hall–Kier alpha value is -4.14. The molecule has 266 valence electrons. The predicted octanol–water partition coefficient (Wildman–Crippen LogP) is 6.07. The van der Waals surface area contributed by atoms with Crippen LogP contribution in [0.5, 0.6) is 0 Å². The summed E-state index contributed by atoms with van der Waals surface area (Å²) in [6.45, 7) is -1.41. The second-order valence-corrected chi connectivity index (χ2v) is 10.5. The molecule has 2 bridgehead atoms. The summed E-state index contributed by atoms with van der Waals surface area (Å²) in [5.74, 6) is -54.7. The number of alkyl halides is 18. The van der Waals surface area contributed by atoms with Crippen LogP contribution in [0.4, 0.5) is 89.5 Å². The summed E-state index contributed by atoms with van der Waals surface area (Å²) in [7, 11) is 0. The van der Waals surface area contributed by atoms with Crippen LogP contribution >= 0.6 is 0 Å². The molecule has 3 atom stereocenters. The van der Waals surface area contributed by atoms with Crippen molar-refractivity contribution in [3.05, 3.63) is 29.3 Å². The molecule has 3 fully saturated rings. The van der Waals surface area contributed by atoms with Gasteiger partial charge in [-0.05, 0) is 24.6 Å². The standard InChI is InChI=1S/C23H10F18N4O3/c24-16(25,18(29,30)19(31,32)20(33,34)21(35,36)22(37,38)23(39,40)41)14(47)43-6-9-4-11(43)12-13(46)45(15(48)44(9)12)8-2-1-7(5-42)10(3-8)17(26,27)28/h1-3,9,11-12H,4,6H2/t9-,11-,12-/m0/s1. The molecule has 3 heterocycles. The molecule has 3 saturated heterocycles. The number of carbonyl (C=O) groups is 3. The molecule has 25 heteroatoms. The third kappa shape index (κ3) is 4.48. The van der Waals surface area contributed by atoms with Gasteiger partial charge in [0, 0.05) is 6.54 Å². The van der Waals surface area contributed by atoms with Crippen molar-refractivity contribution in [3.63, 3.8) is 0 Å². The summed E-state index contributed by atoms with van der Waals surface area (Å²) in [6, 6.07) is -5.27. The zero-order valence-electron chi connectivity index (χ0n) is 22.2. The number of hydrogen-bond acceptors (Lipinski definition) is 4. The Morgan fingerprint density at radius 1 is 0.750 bits per heavy atom. The third-order valence-electron chi connectivity index (χ3n) is 7.81. The Morgan fingerprint density at radius 3 is 1.73 bits per heavy atom. The number of urea groups is 1. The summed E-state index contributed by atoms with van der Waals surface area (Å²) in [4.78, 5) is 38.3. The summed E-state index contributed by atoms with van der Waals surface area (Å²) in [5.41, 5.74) is -3.60. The number of carbonyl (C=O) groups excluding carboxylic acids is 3. The predicted molar refractivity (Wildman–Crippen MR) is 114 cm³/mol. The zero-order chi connectivity index (χ0) is 37.2. The molecular formula is C23H10F18N4O3. The zero-order valence-corrected chi connectivity index (χ0v) is 22.2. The summed E-state index contributed by atoms with van der Waals surface area (Å²) < 4.78 is 244. The SMILES string of the molecule is N#Cc1ccc(N2C(=O)[C@@H]3[C@@H]4C[C@@H](CN4C(=O)C(F)(F)C(F)(F)C(F)(F)C(F)(F)C(F)(F)C(F)(F)C(F)(F)F)N3C2=O)cc1C(F)(F)F. The molecule has 0 N–H and O–H groups in total. The van der Waals surface area contributed by atoms with E-state index in [2.05, 4.69) is 0 Å². The Bertz CT molecular complexity index is 1600. The number of nitriles is 1. The topological polar surface area (TPSA) is 84.7 Å². The normalized spacial score (nSPS) is 22.9. The lowest BCUT2D eigenvalue weighted by Gasteiger charge is -2.42. The van der Waals surface area contributed by atoms with E-state index in [1.165, 1.54) is 6.07 Å². The largest absolute Gasteiger partial charge is 0.460 e. The van der Waals surface area contributed by atoms with Gasteiger partial charge in [0.15, 0.2) is 0 Å². The van der Waals surface area contributed by atoms with Gasteiger partial charge in [-0.1, -0.05) is 0 Å². The average molecular weight is 732 g/mol. The van der Waals surface area contributed by atoms with Crippen LogP contribution in [0, 0.1) is 11.3 Å². The molecule has 0 aliphatic carbocycles. The summed E-state index contributed by atoms with van der Waals surface area (Å²) >= 11 is 0. The van der Waals surface area contributed by atoms with Crippen LogP contribution < -0.4 is 4.90 Å². The number of benzene rings is 1. The average Bonchev–Trinajstić information content (AvgIpc) is 3.61. The monoisotopic (exact) mass is 732 g/mol. The molecule has 1 aromatic carbocycles. The molecule has 7 nitrogen and oxygen atoms in total. The maximum absolute atomic E-state index is 14.7. The van der Waals surface area contributed by atoms with Crippen molar-refractivity contribution < 1.29 is 93.4 Å². The molecular weight excluding hydrogens is 722 g/mol. The Balaban J connectivity index is 1.67.